The highest BCUT2D eigenvalue weighted by atomic mass is 35.5. The van der Waals surface area contributed by atoms with Crippen LogP contribution in [0, 0.1) is 5.92 Å². The lowest BCUT2D eigenvalue weighted by Gasteiger charge is -2.09. The highest BCUT2D eigenvalue weighted by Crippen LogP contribution is 2.14. The average molecular weight is 326 g/mol. The maximum absolute atomic E-state index is 11.9. The largest absolute Gasteiger partial charge is 0.347 e. The van der Waals surface area contributed by atoms with E-state index in [9.17, 15) is 4.79 Å². The van der Waals surface area contributed by atoms with Crippen molar-refractivity contribution >= 4 is 42.1 Å². The molecule has 2 heterocycles. The zero-order chi connectivity index (χ0) is 12.3. The van der Waals surface area contributed by atoms with Gasteiger partial charge in [0.25, 0.3) is 5.91 Å². The fourth-order valence-corrected chi connectivity index (χ4v) is 2.88. The SMILES string of the molecule is CC(C)Cc1nc(C(=O)NC2CCNC2)cs1.Cl.Cl. The first-order valence-electron chi connectivity index (χ1n) is 6.11. The summed E-state index contributed by atoms with van der Waals surface area (Å²) in [5, 5.41) is 9.14. The Morgan fingerprint density at radius 2 is 2.32 bits per heavy atom. The highest BCUT2D eigenvalue weighted by Gasteiger charge is 2.19. The van der Waals surface area contributed by atoms with Crippen LogP contribution in [0.2, 0.25) is 0 Å². The van der Waals surface area contributed by atoms with Gasteiger partial charge < -0.3 is 10.6 Å². The Bertz CT molecular complexity index is 392. The molecule has 0 bridgehead atoms. The van der Waals surface area contributed by atoms with Crippen LogP contribution < -0.4 is 10.6 Å². The predicted molar refractivity (Wildman–Crippen MR) is 83.9 cm³/mol. The molecule has 0 aromatic carbocycles. The standard InChI is InChI=1S/C12H19N3OS.2ClH/c1-8(2)5-11-15-10(7-17-11)12(16)14-9-3-4-13-6-9;;/h7-9,13H,3-6H2,1-2H3,(H,14,16);2*1H. The number of halogens is 2. The number of aromatic nitrogens is 1. The first-order chi connectivity index (χ1) is 8.15. The number of carbonyl (C=O) groups is 1. The summed E-state index contributed by atoms with van der Waals surface area (Å²) in [4.78, 5) is 16.3. The minimum Gasteiger partial charge on any atom is -0.347 e. The second-order valence-electron chi connectivity index (χ2n) is 4.89. The van der Waals surface area contributed by atoms with Crippen LogP contribution in [0.1, 0.15) is 35.8 Å². The fourth-order valence-electron chi connectivity index (χ4n) is 1.90. The molecule has 1 aliphatic heterocycles. The third-order valence-corrected chi connectivity index (χ3v) is 3.63. The van der Waals surface area contributed by atoms with Gasteiger partial charge in [0.1, 0.15) is 5.69 Å². The molecule has 1 aliphatic rings. The van der Waals surface area contributed by atoms with Gasteiger partial charge >= 0.3 is 0 Å². The van der Waals surface area contributed by atoms with Gasteiger partial charge in [-0.05, 0) is 18.9 Å². The van der Waals surface area contributed by atoms with Crippen LogP contribution in [0.25, 0.3) is 0 Å². The summed E-state index contributed by atoms with van der Waals surface area (Å²) in [5.74, 6) is 0.543. The zero-order valence-corrected chi connectivity index (χ0v) is 13.6. The van der Waals surface area contributed by atoms with E-state index in [1.165, 1.54) is 0 Å². The normalized spacial score (nSPS) is 17.7. The Hall–Kier alpha value is -0.360. The summed E-state index contributed by atoms with van der Waals surface area (Å²) >= 11 is 1.58. The van der Waals surface area contributed by atoms with Crippen LogP contribution in [0.15, 0.2) is 5.38 Å². The molecule has 7 heteroatoms. The number of carbonyl (C=O) groups excluding carboxylic acids is 1. The van der Waals surface area contributed by atoms with Crippen molar-refractivity contribution in [3.05, 3.63) is 16.1 Å². The molecule has 0 spiro atoms. The van der Waals surface area contributed by atoms with Crippen molar-refractivity contribution in [3.63, 3.8) is 0 Å². The maximum atomic E-state index is 11.9. The van der Waals surface area contributed by atoms with Crippen LogP contribution in [0.4, 0.5) is 0 Å². The summed E-state index contributed by atoms with van der Waals surface area (Å²) in [5.41, 5.74) is 0.567. The Morgan fingerprint density at radius 1 is 1.58 bits per heavy atom. The third-order valence-electron chi connectivity index (χ3n) is 2.76. The first kappa shape index (κ1) is 18.6. The molecule has 1 amide bonds. The number of nitrogens with zero attached hydrogens (tertiary/aromatic N) is 1. The van der Waals surface area contributed by atoms with Gasteiger partial charge in [0.05, 0.1) is 5.01 Å². The number of hydrogen-bond acceptors (Lipinski definition) is 4. The molecule has 1 fully saturated rings. The minimum atomic E-state index is -0.0371. The van der Waals surface area contributed by atoms with Crippen molar-refractivity contribution in [2.45, 2.75) is 32.7 Å². The molecule has 2 N–H and O–H groups in total. The lowest BCUT2D eigenvalue weighted by Crippen LogP contribution is -2.36. The van der Waals surface area contributed by atoms with Gasteiger partial charge in [-0.1, -0.05) is 13.8 Å². The highest BCUT2D eigenvalue weighted by molar-refractivity contribution is 7.09. The van der Waals surface area contributed by atoms with E-state index in [0.29, 0.717) is 11.6 Å². The monoisotopic (exact) mass is 325 g/mol. The van der Waals surface area contributed by atoms with Gasteiger partial charge in [0.15, 0.2) is 0 Å². The maximum Gasteiger partial charge on any atom is 0.271 e. The number of rotatable bonds is 4. The molecule has 1 saturated heterocycles. The molecule has 1 atom stereocenters. The predicted octanol–water partition coefficient (Wildman–Crippen LogP) is 2.28. The van der Waals surface area contributed by atoms with E-state index in [2.05, 4.69) is 29.5 Å². The number of nitrogens with one attached hydrogen (secondary N) is 2. The quantitative estimate of drug-likeness (QED) is 0.892. The van der Waals surface area contributed by atoms with Gasteiger partial charge in [-0.25, -0.2) is 4.98 Å². The van der Waals surface area contributed by atoms with Crippen LogP contribution >= 0.6 is 36.2 Å². The van der Waals surface area contributed by atoms with E-state index in [1.54, 1.807) is 11.3 Å². The lowest BCUT2D eigenvalue weighted by molar-refractivity contribution is 0.0935. The van der Waals surface area contributed by atoms with Gasteiger partial charge in [-0.15, -0.1) is 36.2 Å². The smallest absolute Gasteiger partial charge is 0.271 e. The van der Waals surface area contributed by atoms with E-state index >= 15 is 0 Å². The Labute approximate surface area is 130 Å². The van der Waals surface area contributed by atoms with Gasteiger partial charge in [0.2, 0.25) is 0 Å². The topological polar surface area (TPSA) is 54.0 Å². The molecule has 1 aromatic rings. The fraction of sp³-hybridized carbons (Fsp3) is 0.667. The Kier molecular flexibility index (Phi) is 8.57. The first-order valence-corrected chi connectivity index (χ1v) is 6.99. The van der Waals surface area contributed by atoms with Crippen LogP contribution in [-0.4, -0.2) is 30.0 Å². The molecular weight excluding hydrogens is 305 g/mol. The summed E-state index contributed by atoms with van der Waals surface area (Å²) in [6.45, 7) is 6.17. The molecule has 110 valence electrons. The molecule has 19 heavy (non-hydrogen) atoms. The molecule has 4 nitrogen and oxygen atoms in total. The molecule has 1 aromatic heterocycles. The molecule has 0 saturated carbocycles. The van der Waals surface area contributed by atoms with Crippen LogP contribution in [0.3, 0.4) is 0 Å². The molecule has 1 unspecified atom stereocenters. The van der Waals surface area contributed by atoms with Gasteiger partial charge in [-0.2, -0.15) is 0 Å². The Balaban J connectivity index is 0.00000162. The zero-order valence-electron chi connectivity index (χ0n) is 11.1. The summed E-state index contributed by atoms with van der Waals surface area (Å²) in [7, 11) is 0. The average Bonchev–Trinajstić information content (AvgIpc) is 2.87. The van der Waals surface area contributed by atoms with Crippen molar-refractivity contribution < 1.29 is 4.79 Å². The molecular formula is C12H21Cl2N3OS. The van der Waals surface area contributed by atoms with Crippen molar-refractivity contribution in [3.8, 4) is 0 Å². The second-order valence-corrected chi connectivity index (χ2v) is 5.83. The molecule has 0 radical (unpaired) electrons. The second kappa shape index (κ2) is 8.74. The van der Waals surface area contributed by atoms with Crippen LogP contribution in [-0.2, 0) is 6.42 Å². The lowest BCUT2D eigenvalue weighted by atomic mass is 10.1. The van der Waals surface area contributed by atoms with Gasteiger partial charge in [0, 0.05) is 24.4 Å². The third kappa shape index (κ3) is 5.65. The van der Waals surface area contributed by atoms with Crippen molar-refractivity contribution in [2.24, 2.45) is 5.92 Å². The van der Waals surface area contributed by atoms with E-state index < -0.39 is 0 Å². The molecule has 0 aliphatic carbocycles. The Morgan fingerprint density at radius 3 is 2.89 bits per heavy atom. The van der Waals surface area contributed by atoms with Crippen molar-refractivity contribution in [2.75, 3.05) is 13.1 Å². The summed E-state index contributed by atoms with van der Waals surface area (Å²) in [6.07, 6.45) is 1.96. The number of hydrogen-bond donors (Lipinski definition) is 2. The van der Waals surface area contributed by atoms with Crippen molar-refractivity contribution in [1.29, 1.82) is 0 Å². The minimum absolute atomic E-state index is 0. The summed E-state index contributed by atoms with van der Waals surface area (Å²) in [6, 6.07) is 0.262. The van der Waals surface area contributed by atoms with E-state index in [0.717, 1.165) is 30.9 Å². The van der Waals surface area contributed by atoms with Gasteiger partial charge in [-0.3, -0.25) is 4.79 Å². The number of amides is 1. The van der Waals surface area contributed by atoms with E-state index in [1.807, 2.05) is 5.38 Å². The van der Waals surface area contributed by atoms with Crippen molar-refractivity contribution in [1.82, 2.24) is 15.6 Å². The summed E-state index contributed by atoms with van der Waals surface area (Å²) < 4.78 is 0. The molecule has 2 rings (SSSR count). The van der Waals surface area contributed by atoms with E-state index in [-0.39, 0.29) is 36.8 Å². The van der Waals surface area contributed by atoms with Crippen LogP contribution in [0.5, 0.6) is 0 Å². The number of thiazole rings is 1. The van der Waals surface area contributed by atoms with E-state index in [4.69, 9.17) is 0 Å².